The topological polar surface area (TPSA) is 52.3 Å². The molecule has 0 aliphatic rings. The molecule has 0 aromatic heterocycles. The highest BCUT2D eigenvalue weighted by atomic mass is 79.9. The van der Waals surface area contributed by atoms with E-state index in [0.29, 0.717) is 30.0 Å². The van der Waals surface area contributed by atoms with E-state index >= 15 is 0 Å². The molecule has 1 aromatic rings. The van der Waals surface area contributed by atoms with Gasteiger partial charge in [0, 0.05) is 10.9 Å². The fourth-order valence-corrected chi connectivity index (χ4v) is 1.86. The fourth-order valence-electron chi connectivity index (χ4n) is 1.39. The molecule has 0 heterocycles. The highest BCUT2D eigenvalue weighted by Crippen LogP contribution is 2.31. The summed E-state index contributed by atoms with van der Waals surface area (Å²) in [5.41, 5.74) is 6.76. The molecule has 0 saturated heterocycles. The predicted octanol–water partition coefficient (Wildman–Crippen LogP) is 3.03. The number of ketones is 1. The number of hydrogen-bond donors (Lipinski definition) is 1. The minimum atomic E-state index is -0.0788. The van der Waals surface area contributed by atoms with Crippen LogP contribution in [0.3, 0.4) is 0 Å². The number of ether oxygens (including phenoxy) is 1. The number of rotatable bonds is 5. The van der Waals surface area contributed by atoms with E-state index in [-0.39, 0.29) is 5.78 Å². The summed E-state index contributed by atoms with van der Waals surface area (Å²) in [7, 11) is 0. The Morgan fingerprint density at radius 1 is 1.59 bits per heavy atom. The number of benzene rings is 1. The lowest BCUT2D eigenvalue weighted by Gasteiger charge is -2.12. The van der Waals surface area contributed by atoms with Crippen LogP contribution in [-0.2, 0) is 0 Å². The van der Waals surface area contributed by atoms with Crippen molar-refractivity contribution in [2.75, 3.05) is 12.3 Å². The zero-order valence-electron chi connectivity index (χ0n) is 9.63. The maximum atomic E-state index is 11.5. The van der Waals surface area contributed by atoms with E-state index in [4.69, 9.17) is 16.9 Å². The number of carbonyl (C=O) groups is 1. The van der Waals surface area contributed by atoms with E-state index in [0.717, 1.165) is 10.9 Å². The SMILES string of the molecule is C#CCCCOc1c(N)cc(Br)cc1C(C)=O. The molecule has 0 amide bonds. The largest absolute Gasteiger partial charge is 0.491 e. The standard InChI is InChI=1S/C13H14BrNO2/c1-3-4-5-6-17-13-11(9(2)16)7-10(14)8-12(13)15/h1,7-8H,4-6,15H2,2H3. The first-order valence-corrected chi connectivity index (χ1v) is 6.01. The van der Waals surface area contributed by atoms with Gasteiger partial charge in [-0.15, -0.1) is 12.3 Å². The molecular weight excluding hydrogens is 282 g/mol. The summed E-state index contributed by atoms with van der Waals surface area (Å²) >= 11 is 3.29. The van der Waals surface area contributed by atoms with E-state index < -0.39 is 0 Å². The van der Waals surface area contributed by atoms with Gasteiger partial charge in [0.15, 0.2) is 11.5 Å². The number of Topliss-reactive ketones (excluding diaryl/α,β-unsaturated/α-hetero) is 1. The van der Waals surface area contributed by atoms with Crippen molar-refractivity contribution in [1.82, 2.24) is 0 Å². The third-order valence-corrected chi connectivity index (χ3v) is 2.63. The first-order valence-electron chi connectivity index (χ1n) is 5.22. The van der Waals surface area contributed by atoms with Crippen LogP contribution < -0.4 is 10.5 Å². The van der Waals surface area contributed by atoms with Gasteiger partial charge in [0.25, 0.3) is 0 Å². The van der Waals surface area contributed by atoms with Gasteiger partial charge in [-0.1, -0.05) is 15.9 Å². The number of unbranched alkanes of at least 4 members (excludes halogenated alkanes) is 1. The minimum Gasteiger partial charge on any atom is -0.491 e. The summed E-state index contributed by atoms with van der Waals surface area (Å²) in [6.45, 7) is 1.94. The minimum absolute atomic E-state index is 0.0788. The van der Waals surface area contributed by atoms with Gasteiger partial charge >= 0.3 is 0 Å². The molecule has 0 spiro atoms. The molecule has 1 aromatic carbocycles. The van der Waals surface area contributed by atoms with Gasteiger partial charge in [0.05, 0.1) is 17.9 Å². The van der Waals surface area contributed by atoms with Crippen molar-refractivity contribution >= 4 is 27.4 Å². The van der Waals surface area contributed by atoms with Gasteiger partial charge in [0.2, 0.25) is 0 Å². The van der Waals surface area contributed by atoms with Crippen LogP contribution in [0.15, 0.2) is 16.6 Å². The highest BCUT2D eigenvalue weighted by molar-refractivity contribution is 9.10. The number of anilines is 1. The monoisotopic (exact) mass is 295 g/mol. The Balaban J connectivity index is 2.89. The van der Waals surface area contributed by atoms with E-state index in [9.17, 15) is 4.79 Å². The third-order valence-electron chi connectivity index (χ3n) is 2.17. The highest BCUT2D eigenvalue weighted by Gasteiger charge is 2.13. The number of halogens is 1. The first kappa shape index (κ1) is 13.6. The van der Waals surface area contributed by atoms with Crippen LogP contribution in [0.25, 0.3) is 0 Å². The molecule has 0 unspecified atom stereocenters. The summed E-state index contributed by atoms with van der Waals surface area (Å²) in [6.07, 6.45) is 6.53. The molecule has 0 radical (unpaired) electrons. The van der Waals surface area contributed by atoms with E-state index in [1.165, 1.54) is 6.92 Å². The Bertz CT molecular complexity index is 463. The summed E-state index contributed by atoms with van der Waals surface area (Å²) in [5, 5.41) is 0. The van der Waals surface area contributed by atoms with Crippen molar-refractivity contribution in [2.24, 2.45) is 0 Å². The van der Waals surface area contributed by atoms with Crippen LogP contribution in [0.1, 0.15) is 30.1 Å². The van der Waals surface area contributed by atoms with Crippen LogP contribution in [-0.4, -0.2) is 12.4 Å². The molecule has 3 nitrogen and oxygen atoms in total. The zero-order chi connectivity index (χ0) is 12.8. The lowest BCUT2D eigenvalue weighted by molar-refractivity contribution is 0.101. The molecule has 0 bridgehead atoms. The number of nitrogen functional groups attached to an aromatic ring is 1. The zero-order valence-corrected chi connectivity index (χ0v) is 11.2. The smallest absolute Gasteiger partial charge is 0.163 e. The van der Waals surface area contributed by atoms with Crippen molar-refractivity contribution in [3.63, 3.8) is 0 Å². The maximum absolute atomic E-state index is 11.5. The summed E-state index contributed by atoms with van der Waals surface area (Å²) < 4.78 is 6.28. The predicted molar refractivity (Wildman–Crippen MR) is 72.1 cm³/mol. The van der Waals surface area contributed by atoms with Gasteiger partial charge in [-0.3, -0.25) is 4.79 Å². The molecule has 0 fully saturated rings. The molecule has 2 N–H and O–H groups in total. The van der Waals surface area contributed by atoms with Gasteiger partial charge in [0.1, 0.15) is 0 Å². The Kier molecular flexibility index (Phi) is 5.05. The number of nitrogens with two attached hydrogens (primary N) is 1. The molecule has 0 aliphatic heterocycles. The van der Waals surface area contributed by atoms with Crippen LogP contribution in [0.4, 0.5) is 5.69 Å². The van der Waals surface area contributed by atoms with Crippen LogP contribution in [0.5, 0.6) is 5.75 Å². The second kappa shape index (κ2) is 6.31. The Labute approximate surface area is 109 Å². The van der Waals surface area contributed by atoms with E-state index in [1.54, 1.807) is 12.1 Å². The van der Waals surface area contributed by atoms with Crippen molar-refractivity contribution in [2.45, 2.75) is 19.8 Å². The molecule has 4 heteroatoms. The average molecular weight is 296 g/mol. The van der Waals surface area contributed by atoms with Gasteiger partial charge in [-0.05, 0) is 25.5 Å². The van der Waals surface area contributed by atoms with Gasteiger partial charge in [-0.25, -0.2) is 0 Å². The molecule has 0 atom stereocenters. The molecule has 0 aliphatic carbocycles. The van der Waals surface area contributed by atoms with Crippen molar-refractivity contribution in [1.29, 1.82) is 0 Å². The number of carbonyl (C=O) groups excluding carboxylic acids is 1. The molecule has 1 rings (SSSR count). The Hall–Kier alpha value is -1.47. The lowest BCUT2D eigenvalue weighted by Crippen LogP contribution is -2.06. The second-order valence-corrected chi connectivity index (χ2v) is 4.50. The summed E-state index contributed by atoms with van der Waals surface area (Å²) in [4.78, 5) is 11.5. The second-order valence-electron chi connectivity index (χ2n) is 3.58. The Morgan fingerprint density at radius 3 is 2.88 bits per heavy atom. The number of hydrogen-bond acceptors (Lipinski definition) is 3. The molecule has 0 saturated carbocycles. The van der Waals surface area contributed by atoms with Crippen LogP contribution in [0, 0.1) is 12.3 Å². The summed E-state index contributed by atoms with van der Waals surface area (Å²) in [5.74, 6) is 2.89. The van der Waals surface area contributed by atoms with E-state index in [1.807, 2.05) is 0 Å². The van der Waals surface area contributed by atoms with Crippen molar-refractivity contribution < 1.29 is 9.53 Å². The van der Waals surface area contributed by atoms with Gasteiger partial charge < -0.3 is 10.5 Å². The van der Waals surface area contributed by atoms with E-state index in [2.05, 4.69) is 21.9 Å². The lowest BCUT2D eigenvalue weighted by atomic mass is 10.1. The average Bonchev–Trinajstić information content (AvgIpc) is 2.25. The fraction of sp³-hybridized carbons (Fsp3) is 0.308. The first-order chi connectivity index (χ1) is 8.06. The third kappa shape index (κ3) is 3.79. The van der Waals surface area contributed by atoms with Crippen LogP contribution >= 0.6 is 15.9 Å². The normalized spacial score (nSPS) is 9.71. The van der Waals surface area contributed by atoms with Gasteiger partial charge in [-0.2, -0.15) is 0 Å². The Morgan fingerprint density at radius 2 is 2.29 bits per heavy atom. The molecule has 17 heavy (non-hydrogen) atoms. The van der Waals surface area contributed by atoms with Crippen molar-refractivity contribution in [3.8, 4) is 18.1 Å². The maximum Gasteiger partial charge on any atom is 0.163 e. The quantitative estimate of drug-likeness (QED) is 0.393. The molecule has 90 valence electrons. The number of terminal acetylenes is 1. The van der Waals surface area contributed by atoms with Crippen LogP contribution in [0.2, 0.25) is 0 Å². The molecular formula is C13H14BrNO2. The van der Waals surface area contributed by atoms with Crippen molar-refractivity contribution in [3.05, 3.63) is 22.2 Å². The summed E-state index contributed by atoms with van der Waals surface area (Å²) in [6, 6.07) is 3.41.